The molecule has 3 heterocycles. The van der Waals surface area contributed by atoms with E-state index in [4.69, 9.17) is 4.42 Å². The Labute approximate surface area is 185 Å². The number of halogens is 5. The number of benzene rings is 1. The second kappa shape index (κ2) is 8.76. The van der Waals surface area contributed by atoms with Gasteiger partial charge in [0, 0.05) is 12.3 Å². The lowest BCUT2D eigenvalue weighted by atomic mass is 10.1. The van der Waals surface area contributed by atoms with Gasteiger partial charge in [-0.1, -0.05) is 0 Å². The summed E-state index contributed by atoms with van der Waals surface area (Å²) in [6, 6.07) is 4.01. The third-order valence-corrected chi connectivity index (χ3v) is 4.54. The van der Waals surface area contributed by atoms with Crippen LogP contribution in [0.1, 0.15) is 21.9 Å². The second-order valence-corrected chi connectivity index (χ2v) is 6.82. The minimum Gasteiger partial charge on any atom is -0.454 e. The Balaban J connectivity index is 1.43. The van der Waals surface area contributed by atoms with Crippen molar-refractivity contribution in [1.82, 2.24) is 19.6 Å². The molecule has 0 aliphatic rings. The molecule has 0 aliphatic heterocycles. The molecule has 0 saturated carbocycles. The number of furan rings is 1. The first-order valence-electron chi connectivity index (χ1n) is 9.24. The number of amides is 1. The third-order valence-electron chi connectivity index (χ3n) is 4.54. The number of nitro groups is 1. The monoisotopic (exact) mass is 482 g/mol. The van der Waals surface area contributed by atoms with Crippen LogP contribution in [-0.4, -0.2) is 30.4 Å². The molecule has 176 valence electrons. The number of carbonyl (C=O) groups is 1. The van der Waals surface area contributed by atoms with E-state index >= 15 is 0 Å². The van der Waals surface area contributed by atoms with Crippen LogP contribution in [0.15, 0.2) is 41.2 Å². The summed E-state index contributed by atoms with van der Waals surface area (Å²) in [6.07, 6.45) is 3.39. The molecule has 0 atom stereocenters. The summed E-state index contributed by atoms with van der Waals surface area (Å²) in [6.45, 7) is -0.778. The van der Waals surface area contributed by atoms with Crippen LogP contribution in [0.2, 0.25) is 0 Å². The van der Waals surface area contributed by atoms with E-state index in [0.29, 0.717) is 0 Å². The zero-order valence-electron chi connectivity index (χ0n) is 16.6. The van der Waals surface area contributed by atoms with Crippen molar-refractivity contribution in [2.75, 3.05) is 5.32 Å². The van der Waals surface area contributed by atoms with Gasteiger partial charge >= 0.3 is 5.69 Å². The van der Waals surface area contributed by atoms with E-state index < -0.39 is 52.0 Å². The van der Waals surface area contributed by atoms with Crippen molar-refractivity contribution >= 4 is 17.4 Å². The Hall–Kier alpha value is -4.56. The van der Waals surface area contributed by atoms with E-state index in [1.165, 1.54) is 29.1 Å². The highest BCUT2D eigenvalue weighted by Crippen LogP contribution is 2.24. The number of carbonyl (C=O) groups excluding carboxylic acids is 1. The summed E-state index contributed by atoms with van der Waals surface area (Å²) in [5, 5.41) is 20.7. The summed E-state index contributed by atoms with van der Waals surface area (Å²) in [5.41, 5.74) is -1.31. The average molecular weight is 482 g/mol. The fourth-order valence-electron chi connectivity index (χ4n) is 2.92. The van der Waals surface area contributed by atoms with Crippen molar-refractivity contribution in [3.8, 4) is 0 Å². The predicted molar refractivity (Wildman–Crippen MR) is 102 cm³/mol. The fourth-order valence-corrected chi connectivity index (χ4v) is 2.92. The van der Waals surface area contributed by atoms with Crippen molar-refractivity contribution in [2.45, 2.75) is 13.1 Å². The van der Waals surface area contributed by atoms with Crippen LogP contribution in [0.3, 0.4) is 0 Å². The fraction of sp³-hybridized carbons (Fsp3) is 0.105. The van der Waals surface area contributed by atoms with Crippen molar-refractivity contribution in [1.29, 1.82) is 0 Å². The number of nitrogens with one attached hydrogen (secondary N) is 1. The van der Waals surface area contributed by atoms with E-state index in [-0.39, 0.29) is 29.6 Å². The van der Waals surface area contributed by atoms with Crippen molar-refractivity contribution in [3.05, 3.63) is 93.1 Å². The summed E-state index contributed by atoms with van der Waals surface area (Å²) < 4.78 is 75.0. The van der Waals surface area contributed by atoms with Gasteiger partial charge in [-0.3, -0.25) is 24.3 Å². The number of anilines is 1. The molecule has 10 nitrogen and oxygen atoms in total. The Morgan fingerprint density at radius 2 is 1.68 bits per heavy atom. The maximum Gasteiger partial charge on any atom is 0.307 e. The molecule has 34 heavy (non-hydrogen) atoms. The number of nitrogens with zero attached hydrogens (tertiary/aromatic N) is 5. The van der Waals surface area contributed by atoms with Crippen molar-refractivity contribution in [2.24, 2.45) is 0 Å². The topological polar surface area (TPSA) is 121 Å². The third kappa shape index (κ3) is 4.35. The maximum absolute atomic E-state index is 13.8. The lowest BCUT2D eigenvalue weighted by molar-refractivity contribution is -0.385. The van der Waals surface area contributed by atoms with E-state index in [1.54, 1.807) is 0 Å². The highest BCUT2D eigenvalue weighted by atomic mass is 19.2. The molecule has 4 rings (SSSR count). The normalized spacial score (nSPS) is 11.1. The molecule has 1 amide bonds. The molecule has 0 unspecified atom stereocenters. The molecule has 0 saturated heterocycles. The summed E-state index contributed by atoms with van der Waals surface area (Å²) in [5.74, 6) is -11.1. The van der Waals surface area contributed by atoms with Crippen LogP contribution in [0.25, 0.3) is 0 Å². The molecule has 1 N–H and O–H groups in total. The van der Waals surface area contributed by atoms with Crippen LogP contribution in [-0.2, 0) is 13.1 Å². The van der Waals surface area contributed by atoms with Gasteiger partial charge in [-0.2, -0.15) is 10.2 Å². The minimum atomic E-state index is -2.27. The molecule has 0 radical (unpaired) electrons. The Morgan fingerprint density at radius 3 is 2.32 bits per heavy atom. The molecule has 3 aromatic heterocycles. The quantitative estimate of drug-likeness (QED) is 0.141. The van der Waals surface area contributed by atoms with Gasteiger partial charge in [0.05, 0.1) is 23.6 Å². The molecule has 1 aromatic carbocycles. The van der Waals surface area contributed by atoms with Crippen molar-refractivity contribution in [3.63, 3.8) is 0 Å². The summed E-state index contributed by atoms with van der Waals surface area (Å²) >= 11 is 0. The first kappa shape index (κ1) is 22.6. The first-order chi connectivity index (χ1) is 16.1. The highest BCUT2D eigenvalue weighted by molar-refractivity contribution is 6.01. The van der Waals surface area contributed by atoms with E-state index in [9.17, 15) is 36.9 Å². The summed E-state index contributed by atoms with van der Waals surface area (Å²) in [7, 11) is 0. The minimum absolute atomic E-state index is 0.0116. The van der Waals surface area contributed by atoms with E-state index in [0.717, 1.165) is 17.1 Å². The zero-order chi connectivity index (χ0) is 24.6. The molecular formula is C19H11F5N6O4. The smallest absolute Gasteiger partial charge is 0.307 e. The lowest BCUT2D eigenvalue weighted by Crippen LogP contribution is -2.13. The predicted octanol–water partition coefficient (Wildman–Crippen LogP) is 3.63. The number of rotatable bonds is 7. The van der Waals surface area contributed by atoms with Gasteiger partial charge in [-0.15, -0.1) is 0 Å². The standard InChI is InChI=1S/C19H11F5N6O4/c20-14-11(15(21)17(23)18(24)16(14)22)8-28-4-3-13(27-28)26-19(31)12-2-1-10(34-12)7-29-6-9(5-25-29)30(32)33/h1-6H,7-8H2,(H,26,27,31). The van der Waals surface area contributed by atoms with Crippen LogP contribution in [0, 0.1) is 39.2 Å². The van der Waals surface area contributed by atoms with Crippen molar-refractivity contribution < 1.29 is 36.1 Å². The van der Waals surface area contributed by atoms with E-state index in [1.807, 2.05) is 0 Å². The first-order valence-corrected chi connectivity index (χ1v) is 9.24. The average Bonchev–Trinajstić information content (AvgIpc) is 3.56. The molecular weight excluding hydrogens is 471 g/mol. The number of hydrogen-bond donors (Lipinski definition) is 1. The van der Waals surface area contributed by atoms with Gasteiger partial charge in [-0.05, 0) is 12.1 Å². The van der Waals surface area contributed by atoms with Gasteiger partial charge in [0.15, 0.2) is 34.8 Å². The second-order valence-electron chi connectivity index (χ2n) is 6.82. The molecule has 15 heteroatoms. The Bertz CT molecular complexity index is 1380. The zero-order valence-corrected chi connectivity index (χ0v) is 16.6. The van der Waals surface area contributed by atoms with Gasteiger partial charge in [0.1, 0.15) is 18.2 Å². The maximum atomic E-state index is 13.8. The van der Waals surface area contributed by atoms with Crippen LogP contribution in [0.4, 0.5) is 33.5 Å². The SMILES string of the molecule is O=C(Nc1ccn(Cc2c(F)c(F)c(F)c(F)c2F)n1)c1ccc(Cn2cc([N+](=O)[O-])cn2)o1. The molecule has 0 spiro atoms. The van der Waals surface area contributed by atoms with Crippen LogP contribution in [0.5, 0.6) is 0 Å². The van der Waals surface area contributed by atoms with Crippen LogP contribution >= 0.6 is 0 Å². The number of hydrogen-bond acceptors (Lipinski definition) is 6. The molecule has 4 aromatic rings. The van der Waals surface area contributed by atoms with Gasteiger partial charge < -0.3 is 9.73 Å². The Morgan fingerprint density at radius 1 is 1.00 bits per heavy atom. The Kier molecular flexibility index (Phi) is 5.83. The van der Waals surface area contributed by atoms with E-state index in [2.05, 4.69) is 15.5 Å². The van der Waals surface area contributed by atoms with Gasteiger partial charge in [-0.25, -0.2) is 22.0 Å². The molecule has 0 aliphatic carbocycles. The van der Waals surface area contributed by atoms with Crippen LogP contribution < -0.4 is 5.32 Å². The largest absolute Gasteiger partial charge is 0.454 e. The molecule has 0 fully saturated rings. The highest BCUT2D eigenvalue weighted by Gasteiger charge is 2.26. The van der Waals surface area contributed by atoms with Gasteiger partial charge in [0.2, 0.25) is 5.82 Å². The molecule has 0 bridgehead atoms. The lowest BCUT2D eigenvalue weighted by Gasteiger charge is -2.08. The number of aromatic nitrogens is 4. The summed E-state index contributed by atoms with van der Waals surface area (Å²) in [4.78, 5) is 22.4. The van der Waals surface area contributed by atoms with Gasteiger partial charge in [0.25, 0.3) is 5.91 Å².